The van der Waals surface area contributed by atoms with Crippen LogP contribution in [-0.2, 0) is 12.8 Å². The van der Waals surface area contributed by atoms with E-state index < -0.39 is 0 Å². The largest absolute Gasteiger partial charge is 0.367 e. The number of para-hydroxylation sites is 1. The van der Waals surface area contributed by atoms with Gasteiger partial charge in [-0.05, 0) is 49.1 Å². The quantitative estimate of drug-likeness (QED) is 0.547. The number of nitrogens with one attached hydrogen (secondary N) is 2. The molecule has 0 saturated carbocycles. The number of rotatable bonds is 7. The fourth-order valence-electron chi connectivity index (χ4n) is 3.93. The van der Waals surface area contributed by atoms with Gasteiger partial charge in [0.05, 0.1) is 0 Å². The zero-order valence-electron chi connectivity index (χ0n) is 18.5. The number of hydrogen-bond donors (Lipinski definition) is 2. The van der Waals surface area contributed by atoms with Crippen LogP contribution in [0.15, 0.2) is 53.5 Å². The van der Waals surface area contributed by atoms with E-state index in [-0.39, 0.29) is 5.91 Å². The summed E-state index contributed by atoms with van der Waals surface area (Å²) in [6.07, 6.45) is 1.93. The first kappa shape index (κ1) is 21.7. The molecular weight excluding hydrogens is 374 g/mol. The fraction of sp³-hybridized carbons (Fsp3) is 0.417. The van der Waals surface area contributed by atoms with E-state index in [1.54, 1.807) is 26.0 Å². The van der Waals surface area contributed by atoms with Crippen LogP contribution in [0.25, 0.3) is 0 Å². The maximum absolute atomic E-state index is 12.1. The first-order valence-electron chi connectivity index (χ1n) is 10.6. The molecule has 0 radical (unpaired) electrons. The van der Waals surface area contributed by atoms with E-state index in [1.165, 1.54) is 11.3 Å². The molecule has 1 aliphatic rings. The molecule has 2 aromatic rings. The van der Waals surface area contributed by atoms with E-state index >= 15 is 0 Å². The molecule has 1 atom stereocenters. The van der Waals surface area contributed by atoms with Gasteiger partial charge in [-0.25, -0.2) is 0 Å². The summed E-state index contributed by atoms with van der Waals surface area (Å²) in [5.41, 5.74) is 4.64. The van der Waals surface area contributed by atoms with Gasteiger partial charge in [0, 0.05) is 58.1 Å². The summed E-state index contributed by atoms with van der Waals surface area (Å²) in [6.45, 7) is 4.79. The van der Waals surface area contributed by atoms with Crippen molar-refractivity contribution in [3.05, 3.63) is 65.2 Å². The molecule has 3 rings (SSSR count). The van der Waals surface area contributed by atoms with Crippen molar-refractivity contribution in [2.45, 2.75) is 25.8 Å². The SMILES string of the molecule is CN=C(NCCc1cccc(C(=O)N(C)C)c1)NCCN1c2ccccc2CC1C. The van der Waals surface area contributed by atoms with Gasteiger partial charge < -0.3 is 20.4 Å². The number of benzene rings is 2. The molecule has 0 fully saturated rings. The second-order valence-electron chi connectivity index (χ2n) is 7.95. The van der Waals surface area contributed by atoms with E-state index in [0.717, 1.165) is 49.6 Å². The summed E-state index contributed by atoms with van der Waals surface area (Å²) in [6, 6.07) is 17.0. The van der Waals surface area contributed by atoms with Crippen LogP contribution in [0, 0.1) is 0 Å². The summed E-state index contributed by atoms with van der Waals surface area (Å²) >= 11 is 0. The van der Waals surface area contributed by atoms with Gasteiger partial charge >= 0.3 is 0 Å². The van der Waals surface area contributed by atoms with E-state index in [0.29, 0.717) is 6.04 Å². The molecule has 0 aromatic heterocycles. The Hall–Kier alpha value is -3.02. The lowest BCUT2D eigenvalue weighted by Gasteiger charge is -2.25. The van der Waals surface area contributed by atoms with Crippen molar-refractivity contribution in [1.82, 2.24) is 15.5 Å². The average molecular weight is 408 g/mol. The average Bonchev–Trinajstić information content (AvgIpc) is 3.07. The molecule has 1 amide bonds. The lowest BCUT2D eigenvalue weighted by molar-refractivity contribution is 0.0827. The predicted molar refractivity (Wildman–Crippen MR) is 124 cm³/mol. The van der Waals surface area contributed by atoms with Gasteiger partial charge in [-0.3, -0.25) is 9.79 Å². The van der Waals surface area contributed by atoms with Crippen LogP contribution in [0.1, 0.15) is 28.4 Å². The summed E-state index contributed by atoms with van der Waals surface area (Å²) in [5.74, 6) is 0.829. The summed E-state index contributed by atoms with van der Waals surface area (Å²) < 4.78 is 0. The van der Waals surface area contributed by atoms with Gasteiger partial charge in [0.15, 0.2) is 5.96 Å². The van der Waals surface area contributed by atoms with E-state index in [9.17, 15) is 4.79 Å². The van der Waals surface area contributed by atoms with Gasteiger partial charge in [-0.2, -0.15) is 0 Å². The number of amides is 1. The molecular formula is C24H33N5O. The third-order valence-corrected chi connectivity index (χ3v) is 5.50. The molecule has 1 aliphatic heterocycles. The van der Waals surface area contributed by atoms with E-state index in [1.807, 2.05) is 18.2 Å². The third-order valence-electron chi connectivity index (χ3n) is 5.50. The molecule has 2 aromatic carbocycles. The van der Waals surface area contributed by atoms with Crippen LogP contribution in [-0.4, -0.2) is 63.6 Å². The number of hydrogen-bond acceptors (Lipinski definition) is 3. The van der Waals surface area contributed by atoms with Crippen LogP contribution >= 0.6 is 0 Å². The number of carbonyl (C=O) groups is 1. The maximum atomic E-state index is 12.1. The summed E-state index contributed by atoms with van der Waals surface area (Å²) in [7, 11) is 5.33. The summed E-state index contributed by atoms with van der Waals surface area (Å²) in [5, 5.41) is 6.79. The van der Waals surface area contributed by atoms with Gasteiger partial charge in [-0.15, -0.1) is 0 Å². The van der Waals surface area contributed by atoms with Gasteiger partial charge in [0.2, 0.25) is 0 Å². The topological polar surface area (TPSA) is 60.0 Å². The number of anilines is 1. The van der Waals surface area contributed by atoms with Crippen LogP contribution in [0.4, 0.5) is 5.69 Å². The van der Waals surface area contributed by atoms with Crippen LogP contribution < -0.4 is 15.5 Å². The Labute approximate surface area is 180 Å². The Morgan fingerprint density at radius 2 is 1.90 bits per heavy atom. The number of fused-ring (bicyclic) bond motifs is 1. The zero-order valence-corrected chi connectivity index (χ0v) is 18.5. The Morgan fingerprint density at radius 1 is 1.13 bits per heavy atom. The molecule has 160 valence electrons. The van der Waals surface area contributed by atoms with Crippen molar-refractivity contribution in [3.8, 4) is 0 Å². The Balaban J connectivity index is 1.45. The Morgan fingerprint density at radius 3 is 2.67 bits per heavy atom. The second kappa shape index (κ2) is 10.1. The molecule has 0 bridgehead atoms. The van der Waals surface area contributed by atoms with Crippen LogP contribution in [0.3, 0.4) is 0 Å². The highest BCUT2D eigenvalue weighted by molar-refractivity contribution is 5.94. The minimum Gasteiger partial charge on any atom is -0.367 e. The third kappa shape index (κ3) is 5.32. The van der Waals surface area contributed by atoms with Gasteiger partial charge in [0.25, 0.3) is 5.91 Å². The molecule has 0 aliphatic carbocycles. The number of guanidine groups is 1. The minimum atomic E-state index is 0.0278. The first-order valence-corrected chi connectivity index (χ1v) is 10.6. The molecule has 1 heterocycles. The fourth-order valence-corrected chi connectivity index (χ4v) is 3.93. The van der Waals surface area contributed by atoms with Crippen LogP contribution in [0.2, 0.25) is 0 Å². The molecule has 30 heavy (non-hydrogen) atoms. The highest BCUT2D eigenvalue weighted by Crippen LogP contribution is 2.31. The van der Waals surface area contributed by atoms with Crippen LogP contribution in [0.5, 0.6) is 0 Å². The zero-order chi connectivity index (χ0) is 21.5. The smallest absolute Gasteiger partial charge is 0.253 e. The second-order valence-corrected chi connectivity index (χ2v) is 7.95. The highest BCUT2D eigenvalue weighted by atomic mass is 16.2. The van der Waals surface area contributed by atoms with Gasteiger partial charge in [0.1, 0.15) is 0 Å². The molecule has 0 saturated heterocycles. The lowest BCUT2D eigenvalue weighted by atomic mass is 10.1. The van der Waals surface area contributed by atoms with Crippen molar-refractivity contribution in [2.75, 3.05) is 45.7 Å². The molecule has 6 nitrogen and oxygen atoms in total. The monoisotopic (exact) mass is 407 g/mol. The summed E-state index contributed by atoms with van der Waals surface area (Å²) in [4.78, 5) is 20.5. The molecule has 0 spiro atoms. The number of aliphatic imine (C=N–C) groups is 1. The van der Waals surface area contributed by atoms with E-state index in [4.69, 9.17) is 0 Å². The Bertz CT molecular complexity index is 893. The highest BCUT2D eigenvalue weighted by Gasteiger charge is 2.24. The van der Waals surface area contributed by atoms with Gasteiger partial charge in [-0.1, -0.05) is 30.3 Å². The molecule has 2 N–H and O–H groups in total. The number of carbonyl (C=O) groups excluding carboxylic acids is 1. The molecule has 6 heteroatoms. The van der Waals surface area contributed by atoms with Crippen molar-refractivity contribution < 1.29 is 4.79 Å². The van der Waals surface area contributed by atoms with Crippen molar-refractivity contribution in [3.63, 3.8) is 0 Å². The van der Waals surface area contributed by atoms with Crippen molar-refractivity contribution in [2.24, 2.45) is 4.99 Å². The first-order chi connectivity index (χ1) is 14.5. The predicted octanol–water partition coefficient (Wildman–Crippen LogP) is 2.55. The van der Waals surface area contributed by atoms with Crippen molar-refractivity contribution >= 4 is 17.6 Å². The minimum absolute atomic E-state index is 0.0278. The number of nitrogens with zero attached hydrogens (tertiary/aromatic N) is 3. The Kier molecular flexibility index (Phi) is 7.33. The lowest BCUT2D eigenvalue weighted by Crippen LogP contribution is -2.43. The van der Waals surface area contributed by atoms with E-state index in [2.05, 4.69) is 57.8 Å². The molecule has 1 unspecified atom stereocenters. The maximum Gasteiger partial charge on any atom is 0.253 e. The van der Waals surface area contributed by atoms with Crippen molar-refractivity contribution in [1.29, 1.82) is 0 Å². The normalized spacial score (nSPS) is 15.7. The standard InChI is InChI=1S/C24H33N5O/c1-18-16-20-9-5-6-11-22(20)29(18)15-14-27-24(25-2)26-13-12-19-8-7-10-21(17-19)23(30)28(3)4/h5-11,17-18H,12-16H2,1-4H3,(H2,25,26,27).